The van der Waals surface area contributed by atoms with Gasteiger partial charge in [0.2, 0.25) is 12.2 Å². The van der Waals surface area contributed by atoms with Crippen molar-refractivity contribution in [2.45, 2.75) is 31.3 Å². The first-order chi connectivity index (χ1) is 5.83. The fraction of sp³-hybridized carbons (Fsp3) is 0.625. The van der Waals surface area contributed by atoms with Crippen LogP contribution in [0.25, 0.3) is 0 Å². The van der Waals surface area contributed by atoms with Crippen LogP contribution in [0.5, 0.6) is 0 Å². The Balaban J connectivity index is 2.82. The molecule has 0 atom stereocenters. The normalized spacial score (nSPS) is 20.3. The van der Waals surface area contributed by atoms with Crippen molar-refractivity contribution in [2.75, 3.05) is 0 Å². The van der Waals surface area contributed by atoms with Crippen LogP contribution in [-0.2, 0) is 9.59 Å². The van der Waals surface area contributed by atoms with Gasteiger partial charge in [-0.05, 0) is 19.3 Å². The lowest BCUT2D eigenvalue weighted by molar-refractivity contribution is 0.388. The summed E-state index contributed by atoms with van der Waals surface area (Å²) >= 11 is 0. The molecule has 62 valence electrons. The maximum absolute atomic E-state index is 10.0. The second kappa shape index (κ2) is 3.96. The van der Waals surface area contributed by atoms with Crippen LogP contribution in [-0.4, -0.2) is 17.8 Å². The Kier molecular flexibility index (Phi) is 2.92. The van der Waals surface area contributed by atoms with Crippen LogP contribution in [0.15, 0.2) is 9.98 Å². The van der Waals surface area contributed by atoms with E-state index in [1.165, 1.54) is 12.2 Å². The number of rotatable bonds is 2. The van der Waals surface area contributed by atoms with Crippen molar-refractivity contribution in [3.63, 3.8) is 0 Å². The molecule has 0 heterocycles. The van der Waals surface area contributed by atoms with Crippen LogP contribution in [0.1, 0.15) is 25.7 Å². The minimum absolute atomic E-state index is 0.553. The maximum Gasteiger partial charge on any atom is 0.237 e. The molecule has 0 aromatic heterocycles. The van der Waals surface area contributed by atoms with Crippen molar-refractivity contribution in [2.24, 2.45) is 9.98 Å². The summed E-state index contributed by atoms with van der Waals surface area (Å²) < 4.78 is 0. The standard InChI is InChI=1S/C8H8N2O2/c11-6-9-8(10-7-12)4-2-1-3-5-8/h1-4H2. The summed E-state index contributed by atoms with van der Waals surface area (Å²) in [4.78, 5) is 27.0. The largest absolute Gasteiger partial charge is 0.237 e. The van der Waals surface area contributed by atoms with Gasteiger partial charge in [-0.3, -0.25) is 0 Å². The van der Waals surface area contributed by atoms with E-state index in [0.29, 0.717) is 12.8 Å². The highest BCUT2D eigenvalue weighted by molar-refractivity contribution is 5.40. The number of aliphatic imine (C=N–C) groups is 2. The van der Waals surface area contributed by atoms with Crippen molar-refractivity contribution in [1.82, 2.24) is 0 Å². The monoisotopic (exact) mass is 164 g/mol. The number of hydrogen-bond acceptors (Lipinski definition) is 4. The second-order valence-electron chi connectivity index (χ2n) is 2.61. The molecule has 0 aromatic carbocycles. The molecule has 0 bridgehead atoms. The van der Waals surface area contributed by atoms with Crippen LogP contribution in [0.4, 0.5) is 0 Å². The Bertz CT molecular complexity index is 224. The first kappa shape index (κ1) is 8.85. The van der Waals surface area contributed by atoms with Gasteiger partial charge in [-0.25, -0.2) is 9.59 Å². The Morgan fingerprint density at radius 1 is 1.17 bits per heavy atom. The van der Waals surface area contributed by atoms with Gasteiger partial charge in [-0.1, -0.05) is 6.42 Å². The van der Waals surface area contributed by atoms with Crippen molar-refractivity contribution < 1.29 is 9.59 Å². The Hall–Kier alpha value is -1.24. The van der Waals surface area contributed by atoms with Gasteiger partial charge >= 0.3 is 0 Å². The highest BCUT2D eigenvalue weighted by Crippen LogP contribution is 2.31. The van der Waals surface area contributed by atoms with E-state index in [0.717, 1.165) is 12.8 Å². The first-order valence-electron chi connectivity index (χ1n) is 3.76. The third kappa shape index (κ3) is 1.88. The molecule has 0 aliphatic heterocycles. The fourth-order valence-electron chi connectivity index (χ4n) is 1.24. The fourth-order valence-corrected chi connectivity index (χ4v) is 1.24. The summed E-state index contributed by atoms with van der Waals surface area (Å²) in [7, 11) is 0. The molecule has 1 fully saturated rings. The number of isocyanates is 2. The average molecular weight is 164 g/mol. The van der Waals surface area contributed by atoms with Gasteiger partial charge in [0.05, 0.1) is 0 Å². The van der Waals surface area contributed by atoms with Crippen molar-refractivity contribution in [3.05, 3.63) is 6.42 Å². The van der Waals surface area contributed by atoms with Gasteiger partial charge in [-0.2, -0.15) is 9.98 Å². The molecular formula is C8H8N2O2. The van der Waals surface area contributed by atoms with Gasteiger partial charge in [0.15, 0.2) is 5.66 Å². The van der Waals surface area contributed by atoms with Gasteiger partial charge < -0.3 is 0 Å². The van der Waals surface area contributed by atoms with Crippen molar-refractivity contribution >= 4 is 12.2 Å². The van der Waals surface area contributed by atoms with Gasteiger partial charge in [0, 0.05) is 6.42 Å². The van der Waals surface area contributed by atoms with E-state index in [9.17, 15) is 9.59 Å². The van der Waals surface area contributed by atoms with Crippen LogP contribution in [0, 0.1) is 6.42 Å². The summed E-state index contributed by atoms with van der Waals surface area (Å²) in [5, 5.41) is 0. The summed E-state index contributed by atoms with van der Waals surface area (Å²) in [5.41, 5.74) is -1.07. The van der Waals surface area contributed by atoms with E-state index in [4.69, 9.17) is 0 Å². The van der Waals surface area contributed by atoms with E-state index in [1.54, 1.807) is 0 Å². The quantitative estimate of drug-likeness (QED) is 0.451. The Labute approximate surface area is 70.4 Å². The molecule has 1 saturated carbocycles. The van der Waals surface area contributed by atoms with Crippen LogP contribution in [0.2, 0.25) is 0 Å². The highest BCUT2D eigenvalue weighted by Gasteiger charge is 2.32. The topological polar surface area (TPSA) is 58.9 Å². The van der Waals surface area contributed by atoms with E-state index in [-0.39, 0.29) is 0 Å². The molecular weight excluding hydrogens is 156 g/mol. The molecule has 0 saturated heterocycles. The first-order valence-corrected chi connectivity index (χ1v) is 3.76. The predicted octanol–water partition coefficient (Wildman–Crippen LogP) is 1.01. The Morgan fingerprint density at radius 3 is 2.25 bits per heavy atom. The average Bonchev–Trinajstić information content (AvgIpc) is 2.07. The minimum atomic E-state index is -1.07. The van der Waals surface area contributed by atoms with Crippen LogP contribution < -0.4 is 0 Å². The summed E-state index contributed by atoms with van der Waals surface area (Å²) in [6, 6.07) is 0. The predicted molar refractivity (Wildman–Crippen MR) is 40.7 cm³/mol. The van der Waals surface area contributed by atoms with Crippen molar-refractivity contribution in [1.29, 1.82) is 0 Å². The van der Waals surface area contributed by atoms with Gasteiger partial charge in [0.25, 0.3) is 0 Å². The molecule has 0 amide bonds. The summed E-state index contributed by atoms with van der Waals surface area (Å²) in [6.07, 6.45) is 8.84. The number of carbonyl (C=O) groups excluding carboxylic acids is 2. The number of nitrogens with zero attached hydrogens (tertiary/aromatic N) is 2. The molecule has 0 aromatic rings. The zero-order valence-corrected chi connectivity index (χ0v) is 6.54. The van der Waals surface area contributed by atoms with E-state index in [2.05, 4.69) is 16.4 Å². The maximum atomic E-state index is 10.0. The smallest absolute Gasteiger partial charge is 0.211 e. The molecule has 0 spiro atoms. The molecule has 0 unspecified atom stereocenters. The molecule has 1 rings (SSSR count). The summed E-state index contributed by atoms with van der Waals surface area (Å²) in [5.74, 6) is 0. The molecule has 4 nitrogen and oxygen atoms in total. The number of hydrogen-bond donors (Lipinski definition) is 0. The molecule has 4 heteroatoms. The SMILES string of the molecule is O=C=NC1(N=C=O)[C]CCCC1. The molecule has 1 aliphatic carbocycles. The zero-order valence-electron chi connectivity index (χ0n) is 6.54. The lowest BCUT2D eigenvalue weighted by atomic mass is 9.90. The molecule has 2 radical (unpaired) electrons. The lowest BCUT2D eigenvalue weighted by Crippen LogP contribution is -2.27. The van der Waals surface area contributed by atoms with E-state index < -0.39 is 5.66 Å². The Morgan fingerprint density at radius 2 is 1.83 bits per heavy atom. The highest BCUT2D eigenvalue weighted by atomic mass is 16.1. The molecule has 0 N–H and O–H groups in total. The minimum Gasteiger partial charge on any atom is -0.211 e. The van der Waals surface area contributed by atoms with Gasteiger partial charge in [-0.15, -0.1) is 0 Å². The van der Waals surface area contributed by atoms with Crippen LogP contribution >= 0.6 is 0 Å². The van der Waals surface area contributed by atoms with E-state index >= 15 is 0 Å². The second-order valence-corrected chi connectivity index (χ2v) is 2.61. The molecule has 1 aliphatic rings. The lowest BCUT2D eigenvalue weighted by Gasteiger charge is -2.24. The summed E-state index contributed by atoms with van der Waals surface area (Å²) in [6.45, 7) is 0. The molecule has 12 heavy (non-hydrogen) atoms. The third-order valence-electron chi connectivity index (χ3n) is 1.82. The van der Waals surface area contributed by atoms with Gasteiger partial charge in [0.1, 0.15) is 0 Å². The van der Waals surface area contributed by atoms with Crippen LogP contribution in [0.3, 0.4) is 0 Å². The zero-order chi connectivity index (χ0) is 8.86. The van der Waals surface area contributed by atoms with Crippen molar-refractivity contribution in [3.8, 4) is 0 Å². The third-order valence-corrected chi connectivity index (χ3v) is 1.82. The van der Waals surface area contributed by atoms with E-state index in [1.807, 2.05) is 0 Å².